The monoisotopic (exact) mass is 364 g/mol. The first-order valence-electron chi connectivity index (χ1n) is 6.67. The highest BCUT2D eigenvalue weighted by Crippen LogP contribution is 2.20. The summed E-state index contributed by atoms with van der Waals surface area (Å²) >= 11 is 11.1. The van der Waals surface area contributed by atoms with Gasteiger partial charge in [0, 0.05) is 34.5 Å². The second kappa shape index (κ2) is 8.23. The van der Waals surface area contributed by atoms with Crippen molar-refractivity contribution in [2.45, 2.75) is 0 Å². The van der Waals surface area contributed by atoms with Gasteiger partial charge in [0.25, 0.3) is 5.69 Å². The van der Waals surface area contributed by atoms with Crippen LogP contribution in [-0.2, 0) is 0 Å². The van der Waals surface area contributed by atoms with E-state index in [2.05, 4.69) is 15.8 Å². The number of hydrogen-bond acceptors (Lipinski definition) is 5. The lowest BCUT2D eigenvalue weighted by atomic mass is 10.2. The van der Waals surface area contributed by atoms with E-state index in [0.29, 0.717) is 16.3 Å². The predicted molar refractivity (Wildman–Crippen MR) is 98.1 cm³/mol. The van der Waals surface area contributed by atoms with Crippen LogP contribution in [0, 0.1) is 10.1 Å². The number of nitro groups is 1. The number of rotatable bonds is 5. The van der Waals surface area contributed by atoms with Gasteiger partial charge >= 0.3 is 0 Å². The Morgan fingerprint density at radius 3 is 2.88 bits per heavy atom. The summed E-state index contributed by atoms with van der Waals surface area (Å²) in [6.07, 6.45) is 1.36. The summed E-state index contributed by atoms with van der Waals surface area (Å²) in [6, 6.07) is 11.3. The highest BCUT2D eigenvalue weighted by atomic mass is 35.5. The van der Waals surface area contributed by atoms with Crippen LogP contribution in [0.5, 0.6) is 5.75 Å². The molecule has 0 unspecified atom stereocenters. The average molecular weight is 365 g/mol. The summed E-state index contributed by atoms with van der Waals surface area (Å²) in [5.41, 5.74) is 3.68. The van der Waals surface area contributed by atoms with E-state index in [1.807, 2.05) is 18.2 Å². The quantitative estimate of drug-likeness (QED) is 0.365. The van der Waals surface area contributed by atoms with Gasteiger partial charge in [0.1, 0.15) is 5.75 Å². The number of hydrazone groups is 1. The largest absolute Gasteiger partial charge is 0.497 e. The molecule has 0 aliphatic heterocycles. The van der Waals surface area contributed by atoms with Gasteiger partial charge in [-0.2, -0.15) is 5.10 Å². The van der Waals surface area contributed by atoms with Gasteiger partial charge in [-0.1, -0.05) is 17.7 Å². The van der Waals surface area contributed by atoms with Crippen molar-refractivity contribution in [3.05, 3.63) is 63.2 Å². The molecule has 0 aliphatic carbocycles. The lowest BCUT2D eigenvalue weighted by Crippen LogP contribution is -2.23. The minimum atomic E-state index is -0.504. The lowest BCUT2D eigenvalue weighted by Gasteiger charge is -2.08. The smallest absolute Gasteiger partial charge is 0.270 e. The molecule has 0 saturated heterocycles. The van der Waals surface area contributed by atoms with Crippen LogP contribution in [0.15, 0.2) is 47.6 Å². The highest BCUT2D eigenvalue weighted by Gasteiger charge is 2.08. The zero-order valence-electron chi connectivity index (χ0n) is 12.5. The fraction of sp³-hybridized carbons (Fsp3) is 0.0667. The van der Waals surface area contributed by atoms with Crippen LogP contribution in [0.2, 0.25) is 5.02 Å². The molecule has 0 aromatic heterocycles. The number of ether oxygens (including phenoxy) is 1. The van der Waals surface area contributed by atoms with Crippen molar-refractivity contribution in [1.29, 1.82) is 0 Å². The number of nitrogens with one attached hydrogen (secondary N) is 2. The Labute approximate surface area is 148 Å². The van der Waals surface area contributed by atoms with Gasteiger partial charge in [-0.3, -0.25) is 15.5 Å². The van der Waals surface area contributed by atoms with Gasteiger partial charge in [0.05, 0.1) is 18.2 Å². The van der Waals surface area contributed by atoms with Gasteiger partial charge in [-0.15, -0.1) is 0 Å². The number of halogens is 1. The highest BCUT2D eigenvalue weighted by molar-refractivity contribution is 7.80. The van der Waals surface area contributed by atoms with E-state index in [1.165, 1.54) is 24.4 Å². The van der Waals surface area contributed by atoms with E-state index in [9.17, 15) is 10.1 Å². The molecule has 2 aromatic carbocycles. The van der Waals surface area contributed by atoms with Crippen LogP contribution in [0.4, 0.5) is 11.4 Å². The summed E-state index contributed by atoms with van der Waals surface area (Å²) in [6.45, 7) is 0. The minimum Gasteiger partial charge on any atom is -0.497 e. The van der Waals surface area contributed by atoms with Crippen LogP contribution in [0.3, 0.4) is 0 Å². The molecule has 7 nitrogen and oxygen atoms in total. The van der Waals surface area contributed by atoms with Crippen LogP contribution >= 0.6 is 23.8 Å². The molecule has 24 heavy (non-hydrogen) atoms. The summed E-state index contributed by atoms with van der Waals surface area (Å²) < 4.78 is 5.12. The lowest BCUT2D eigenvalue weighted by molar-refractivity contribution is -0.384. The first-order valence-corrected chi connectivity index (χ1v) is 7.46. The fourth-order valence-corrected chi connectivity index (χ4v) is 2.10. The third kappa shape index (κ3) is 4.90. The normalized spacial score (nSPS) is 10.4. The van der Waals surface area contributed by atoms with Gasteiger partial charge in [-0.25, -0.2) is 0 Å². The molecule has 0 fully saturated rings. The van der Waals surface area contributed by atoms with Crippen molar-refractivity contribution >= 4 is 46.5 Å². The molecular weight excluding hydrogens is 352 g/mol. The van der Waals surface area contributed by atoms with Crippen molar-refractivity contribution in [3.8, 4) is 5.75 Å². The number of thiocarbonyl (C=S) groups is 1. The molecule has 2 rings (SSSR count). The van der Waals surface area contributed by atoms with Crippen molar-refractivity contribution in [3.63, 3.8) is 0 Å². The minimum absolute atomic E-state index is 0.0714. The first kappa shape index (κ1) is 17.6. The number of methoxy groups -OCH3 is 1. The Morgan fingerprint density at radius 1 is 1.38 bits per heavy atom. The standard InChI is InChI=1S/C15H13ClN4O3S/c1-23-13-4-2-3-11(8-13)18-15(24)19-17-9-10-7-12(20(21)22)5-6-14(10)16/h2-9H,1H3,(H2,18,19,24)/b17-9-. The maximum atomic E-state index is 10.8. The molecule has 0 heterocycles. The number of nitro benzene ring substituents is 1. The number of benzene rings is 2. The molecule has 124 valence electrons. The molecule has 0 amide bonds. The molecule has 0 atom stereocenters. The van der Waals surface area contributed by atoms with E-state index in [-0.39, 0.29) is 10.8 Å². The summed E-state index contributed by atoms with van der Waals surface area (Å²) in [7, 11) is 1.57. The zero-order chi connectivity index (χ0) is 17.5. The molecule has 0 aliphatic rings. The van der Waals surface area contributed by atoms with E-state index < -0.39 is 4.92 Å². The number of hydrogen-bond donors (Lipinski definition) is 2. The number of nitrogens with zero attached hydrogens (tertiary/aromatic N) is 2. The van der Waals surface area contributed by atoms with E-state index in [1.54, 1.807) is 13.2 Å². The van der Waals surface area contributed by atoms with Crippen LogP contribution in [0.1, 0.15) is 5.56 Å². The van der Waals surface area contributed by atoms with Crippen molar-refractivity contribution in [1.82, 2.24) is 5.43 Å². The van der Waals surface area contributed by atoms with Crippen molar-refractivity contribution in [2.24, 2.45) is 5.10 Å². The SMILES string of the molecule is COc1cccc(NC(=S)N/N=C\c2cc([N+](=O)[O-])ccc2Cl)c1. The third-order valence-electron chi connectivity index (χ3n) is 2.89. The molecule has 0 saturated carbocycles. The third-order valence-corrected chi connectivity index (χ3v) is 3.43. The van der Waals surface area contributed by atoms with E-state index in [0.717, 1.165) is 5.69 Å². The Kier molecular flexibility index (Phi) is 6.05. The van der Waals surface area contributed by atoms with Crippen LogP contribution in [-0.4, -0.2) is 23.4 Å². The topological polar surface area (TPSA) is 88.8 Å². The Hall–Kier alpha value is -2.71. The second-order valence-electron chi connectivity index (χ2n) is 4.52. The molecule has 9 heteroatoms. The van der Waals surface area contributed by atoms with Crippen molar-refractivity contribution < 1.29 is 9.66 Å². The van der Waals surface area contributed by atoms with Crippen molar-refractivity contribution in [2.75, 3.05) is 12.4 Å². The molecule has 2 N–H and O–H groups in total. The van der Waals surface area contributed by atoms with Gasteiger partial charge < -0.3 is 10.1 Å². The average Bonchev–Trinajstić information content (AvgIpc) is 2.56. The Morgan fingerprint density at radius 2 is 2.17 bits per heavy atom. The maximum Gasteiger partial charge on any atom is 0.270 e. The predicted octanol–water partition coefficient (Wildman–Crippen LogP) is 3.58. The zero-order valence-corrected chi connectivity index (χ0v) is 14.1. The fourth-order valence-electron chi connectivity index (χ4n) is 1.76. The summed E-state index contributed by atoms with van der Waals surface area (Å²) in [5.74, 6) is 0.690. The van der Waals surface area contributed by atoms with Gasteiger partial charge in [-0.05, 0) is 30.4 Å². The summed E-state index contributed by atoms with van der Waals surface area (Å²) in [4.78, 5) is 10.3. The molecule has 0 bridgehead atoms. The van der Waals surface area contributed by atoms with Crippen LogP contribution < -0.4 is 15.5 Å². The van der Waals surface area contributed by atoms with Gasteiger partial charge in [0.15, 0.2) is 5.11 Å². The van der Waals surface area contributed by atoms with E-state index in [4.69, 9.17) is 28.6 Å². The number of non-ortho nitro benzene ring substituents is 1. The molecule has 0 spiro atoms. The Bertz CT molecular complexity index is 798. The molecule has 2 aromatic rings. The Balaban J connectivity index is 1.99. The summed E-state index contributed by atoms with van der Waals surface area (Å²) in [5, 5.41) is 18.2. The second-order valence-corrected chi connectivity index (χ2v) is 5.33. The molecule has 0 radical (unpaired) electrons. The van der Waals surface area contributed by atoms with E-state index >= 15 is 0 Å². The maximum absolute atomic E-state index is 10.8. The van der Waals surface area contributed by atoms with Crippen LogP contribution in [0.25, 0.3) is 0 Å². The van der Waals surface area contributed by atoms with Gasteiger partial charge in [0.2, 0.25) is 0 Å². The molecular formula is C15H13ClN4O3S. The first-order chi connectivity index (χ1) is 11.5. The number of anilines is 1.